The van der Waals surface area contributed by atoms with Gasteiger partial charge in [-0.15, -0.1) is 0 Å². The van der Waals surface area contributed by atoms with Crippen molar-refractivity contribution in [1.29, 1.82) is 0 Å². The van der Waals surface area contributed by atoms with Crippen LogP contribution in [0.3, 0.4) is 0 Å². The third kappa shape index (κ3) is 5.11. The monoisotopic (exact) mass is 269 g/mol. The van der Waals surface area contributed by atoms with E-state index in [1.165, 1.54) is 30.6 Å². The molecule has 0 aromatic heterocycles. The van der Waals surface area contributed by atoms with E-state index in [0.29, 0.717) is 12.6 Å². The minimum Gasteiger partial charge on any atom is -0.364 e. The van der Waals surface area contributed by atoms with Gasteiger partial charge in [0.25, 0.3) is 5.91 Å². The molecule has 0 bridgehead atoms. The quantitative estimate of drug-likeness (QED) is 0.734. The summed E-state index contributed by atoms with van der Waals surface area (Å²) in [4.78, 5) is 13.5. The molecule has 2 rings (SSSR count). The normalized spacial score (nSPS) is 33.7. The van der Waals surface area contributed by atoms with Gasteiger partial charge in [-0.05, 0) is 26.7 Å². The van der Waals surface area contributed by atoms with Crippen molar-refractivity contribution >= 4 is 5.91 Å². The number of morpholine rings is 1. The lowest BCUT2D eigenvalue weighted by Crippen LogP contribution is -3.16. The highest BCUT2D eigenvalue weighted by Gasteiger charge is 2.27. The van der Waals surface area contributed by atoms with Crippen LogP contribution in [0.1, 0.15) is 52.4 Å². The van der Waals surface area contributed by atoms with Gasteiger partial charge < -0.3 is 15.0 Å². The van der Waals surface area contributed by atoms with Crippen molar-refractivity contribution in [3.8, 4) is 0 Å². The zero-order chi connectivity index (χ0) is 13.7. The summed E-state index contributed by atoms with van der Waals surface area (Å²) in [5.74, 6) is 0.225. The second-order valence-electron chi connectivity index (χ2n) is 6.35. The van der Waals surface area contributed by atoms with Gasteiger partial charge >= 0.3 is 0 Å². The van der Waals surface area contributed by atoms with E-state index in [2.05, 4.69) is 19.2 Å². The summed E-state index contributed by atoms with van der Waals surface area (Å²) in [5.41, 5.74) is 0. The van der Waals surface area contributed by atoms with Crippen LogP contribution in [-0.4, -0.2) is 43.8 Å². The summed E-state index contributed by atoms with van der Waals surface area (Å²) in [6.07, 6.45) is 8.06. The smallest absolute Gasteiger partial charge is 0.275 e. The minimum atomic E-state index is 0.225. The molecule has 2 atom stereocenters. The lowest BCUT2D eigenvalue weighted by atomic mass is 10.1. The molecule has 0 aromatic carbocycles. The Bertz CT molecular complexity index is 278. The van der Waals surface area contributed by atoms with Gasteiger partial charge in [0, 0.05) is 6.04 Å². The maximum absolute atomic E-state index is 12.1. The first-order chi connectivity index (χ1) is 9.13. The number of amides is 1. The summed E-state index contributed by atoms with van der Waals surface area (Å²) in [6, 6.07) is 0.422. The molecule has 2 aliphatic rings. The fourth-order valence-corrected chi connectivity index (χ4v) is 3.46. The molecule has 1 aliphatic carbocycles. The third-order valence-corrected chi connectivity index (χ3v) is 4.25. The van der Waals surface area contributed by atoms with Gasteiger partial charge in [0.2, 0.25) is 0 Å². The van der Waals surface area contributed by atoms with Crippen LogP contribution in [-0.2, 0) is 9.53 Å². The first kappa shape index (κ1) is 14.8. The topological polar surface area (TPSA) is 42.8 Å². The molecule has 1 heterocycles. The zero-order valence-electron chi connectivity index (χ0n) is 12.4. The molecular weight excluding hydrogens is 240 g/mol. The van der Waals surface area contributed by atoms with Crippen LogP contribution >= 0.6 is 0 Å². The van der Waals surface area contributed by atoms with Crippen LogP contribution in [0.2, 0.25) is 0 Å². The molecule has 0 radical (unpaired) electrons. The van der Waals surface area contributed by atoms with Crippen molar-refractivity contribution in [1.82, 2.24) is 5.32 Å². The Morgan fingerprint density at radius 1 is 1.11 bits per heavy atom. The van der Waals surface area contributed by atoms with Crippen LogP contribution in [0.25, 0.3) is 0 Å². The molecule has 4 heteroatoms. The van der Waals surface area contributed by atoms with Crippen LogP contribution < -0.4 is 10.2 Å². The maximum Gasteiger partial charge on any atom is 0.275 e. The lowest BCUT2D eigenvalue weighted by Gasteiger charge is -2.32. The van der Waals surface area contributed by atoms with Crippen LogP contribution in [0.15, 0.2) is 0 Å². The second kappa shape index (κ2) is 7.25. The Kier molecular flexibility index (Phi) is 5.64. The van der Waals surface area contributed by atoms with E-state index in [1.807, 2.05) is 0 Å². The molecule has 2 fully saturated rings. The number of ether oxygens (including phenoxy) is 1. The Labute approximate surface area is 116 Å². The van der Waals surface area contributed by atoms with E-state index >= 15 is 0 Å². The minimum absolute atomic E-state index is 0.225. The zero-order valence-corrected chi connectivity index (χ0v) is 12.4. The fourth-order valence-electron chi connectivity index (χ4n) is 3.46. The predicted octanol–water partition coefficient (Wildman–Crippen LogP) is 0.518. The third-order valence-electron chi connectivity index (χ3n) is 4.25. The molecule has 1 amide bonds. The molecule has 4 nitrogen and oxygen atoms in total. The van der Waals surface area contributed by atoms with Gasteiger partial charge in [0.15, 0.2) is 6.54 Å². The summed E-state index contributed by atoms with van der Waals surface area (Å²) < 4.78 is 5.71. The average Bonchev–Trinajstić information content (AvgIpc) is 2.55. The fraction of sp³-hybridized carbons (Fsp3) is 0.933. The molecule has 1 aliphatic heterocycles. The number of nitrogens with one attached hydrogen (secondary N) is 2. The standard InChI is InChI=1S/C15H28N2O2/c1-12-9-17(10-13(2)19-12)11-15(18)16-14-7-5-3-4-6-8-14/h12-14H,3-11H2,1-2H3,(H,16,18)/p+1/t12-,13-/m0/s1. The van der Waals surface area contributed by atoms with Gasteiger partial charge in [0.1, 0.15) is 25.3 Å². The Morgan fingerprint density at radius 3 is 2.26 bits per heavy atom. The number of quaternary nitrogens is 1. The lowest BCUT2D eigenvalue weighted by molar-refractivity contribution is -0.907. The molecule has 2 N–H and O–H groups in total. The van der Waals surface area contributed by atoms with Crippen molar-refractivity contribution in [3.63, 3.8) is 0 Å². The average molecular weight is 269 g/mol. The summed E-state index contributed by atoms with van der Waals surface area (Å²) in [7, 11) is 0. The van der Waals surface area contributed by atoms with Gasteiger partial charge in [-0.25, -0.2) is 0 Å². The molecule has 110 valence electrons. The Morgan fingerprint density at radius 2 is 1.68 bits per heavy atom. The highest BCUT2D eigenvalue weighted by Crippen LogP contribution is 2.16. The Hall–Kier alpha value is -0.610. The number of rotatable bonds is 3. The largest absolute Gasteiger partial charge is 0.364 e. The van der Waals surface area contributed by atoms with E-state index < -0.39 is 0 Å². The highest BCUT2D eigenvalue weighted by atomic mass is 16.5. The van der Waals surface area contributed by atoms with Gasteiger partial charge in [0.05, 0.1) is 0 Å². The van der Waals surface area contributed by atoms with Crippen LogP contribution in [0, 0.1) is 0 Å². The van der Waals surface area contributed by atoms with E-state index in [1.54, 1.807) is 0 Å². The molecule has 0 unspecified atom stereocenters. The van der Waals surface area contributed by atoms with Crippen LogP contribution in [0.5, 0.6) is 0 Å². The number of carbonyl (C=O) groups excluding carboxylic acids is 1. The van der Waals surface area contributed by atoms with Crippen molar-refractivity contribution in [2.75, 3.05) is 19.6 Å². The Balaban J connectivity index is 1.73. The van der Waals surface area contributed by atoms with Crippen molar-refractivity contribution in [3.05, 3.63) is 0 Å². The van der Waals surface area contributed by atoms with Crippen molar-refractivity contribution in [2.24, 2.45) is 0 Å². The van der Waals surface area contributed by atoms with Gasteiger partial charge in [-0.3, -0.25) is 4.79 Å². The molecule has 1 saturated heterocycles. The molecule has 0 spiro atoms. The summed E-state index contributed by atoms with van der Waals surface area (Å²) >= 11 is 0. The van der Waals surface area contributed by atoms with E-state index in [9.17, 15) is 4.79 Å². The first-order valence-corrected chi connectivity index (χ1v) is 7.92. The maximum atomic E-state index is 12.1. The number of hydrogen-bond donors (Lipinski definition) is 2. The summed E-state index contributed by atoms with van der Waals surface area (Å²) in [5, 5.41) is 3.24. The first-order valence-electron chi connectivity index (χ1n) is 7.92. The van der Waals surface area contributed by atoms with E-state index in [-0.39, 0.29) is 18.1 Å². The predicted molar refractivity (Wildman–Crippen MR) is 75.2 cm³/mol. The van der Waals surface area contributed by atoms with Crippen molar-refractivity contribution in [2.45, 2.75) is 70.6 Å². The van der Waals surface area contributed by atoms with E-state index in [0.717, 1.165) is 25.9 Å². The van der Waals surface area contributed by atoms with Crippen molar-refractivity contribution < 1.29 is 14.4 Å². The number of hydrogen-bond acceptors (Lipinski definition) is 2. The SMILES string of the molecule is C[C@H]1C[NH+](CC(=O)NC2CCCCCC2)C[C@H](C)O1. The highest BCUT2D eigenvalue weighted by molar-refractivity contribution is 5.77. The van der Waals surface area contributed by atoms with E-state index in [4.69, 9.17) is 4.74 Å². The van der Waals surface area contributed by atoms with Gasteiger partial charge in [-0.2, -0.15) is 0 Å². The molecular formula is C15H29N2O2+. The van der Waals surface area contributed by atoms with Crippen LogP contribution in [0.4, 0.5) is 0 Å². The molecule has 0 aromatic rings. The van der Waals surface area contributed by atoms with Gasteiger partial charge in [-0.1, -0.05) is 25.7 Å². The molecule has 1 saturated carbocycles. The number of carbonyl (C=O) groups is 1. The summed E-state index contributed by atoms with van der Waals surface area (Å²) in [6.45, 7) is 6.69. The molecule has 19 heavy (non-hydrogen) atoms. The second-order valence-corrected chi connectivity index (χ2v) is 6.35.